The number of esters is 2. The highest BCUT2D eigenvalue weighted by atomic mass is 16.7. The molecule has 35 heavy (non-hydrogen) atoms. The van der Waals surface area contributed by atoms with Crippen LogP contribution in [0.3, 0.4) is 0 Å². The first-order chi connectivity index (χ1) is 16.6. The minimum atomic E-state index is -0.806. The van der Waals surface area contributed by atoms with E-state index >= 15 is 0 Å². The normalized spacial score (nSPS) is 43.9. The molecule has 3 fully saturated rings. The maximum atomic E-state index is 12.7. The summed E-state index contributed by atoms with van der Waals surface area (Å²) in [4.78, 5) is 35.7. The average Bonchev–Trinajstić information content (AvgIpc) is 3.32. The Morgan fingerprint density at radius 3 is 2.60 bits per heavy atom. The quantitative estimate of drug-likeness (QED) is 0.253. The Morgan fingerprint density at radius 2 is 1.91 bits per heavy atom. The second kappa shape index (κ2) is 8.34. The van der Waals surface area contributed by atoms with Gasteiger partial charge in [-0.3, -0.25) is 4.79 Å². The van der Waals surface area contributed by atoms with Crippen LogP contribution in [0.15, 0.2) is 22.0 Å². The lowest BCUT2D eigenvalue weighted by atomic mass is 9.46. The summed E-state index contributed by atoms with van der Waals surface area (Å²) in [6.07, 6.45) is 9.06. The number of hydrogen-bond donors (Lipinski definition) is 0. The topological polar surface area (TPSA) is 95.8 Å². The largest absolute Gasteiger partial charge is 0.464 e. The molecule has 0 bridgehead atoms. The zero-order valence-corrected chi connectivity index (χ0v) is 21.8. The van der Waals surface area contributed by atoms with Gasteiger partial charge in [-0.2, -0.15) is 0 Å². The summed E-state index contributed by atoms with van der Waals surface area (Å²) in [5.41, 5.74) is 1.63. The Labute approximate surface area is 207 Å². The molecule has 0 radical (unpaired) electrons. The molecule has 1 heterocycles. The highest BCUT2D eigenvalue weighted by Gasteiger charge is 2.74. The zero-order chi connectivity index (χ0) is 25.2. The van der Waals surface area contributed by atoms with Gasteiger partial charge in [0.1, 0.15) is 18.9 Å². The van der Waals surface area contributed by atoms with Crippen molar-refractivity contribution in [1.82, 2.24) is 0 Å². The van der Waals surface area contributed by atoms with E-state index in [0.29, 0.717) is 23.5 Å². The van der Waals surface area contributed by atoms with Gasteiger partial charge < -0.3 is 19.1 Å². The van der Waals surface area contributed by atoms with Gasteiger partial charge in [-0.05, 0) is 68.6 Å². The van der Waals surface area contributed by atoms with Crippen LogP contribution < -0.4 is 0 Å². The summed E-state index contributed by atoms with van der Waals surface area (Å²) < 4.78 is 10.7. The molecule has 8 nitrogen and oxygen atoms in total. The second-order valence-electron chi connectivity index (χ2n) is 11.6. The van der Waals surface area contributed by atoms with E-state index in [9.17, 15) is 9.59 Å². The summed E-state index contributed by atoms with van der Waals surface area (Å²) in [5, 5.41) is 8.59. The molecule has 0 amide bonds. The molecule has 0 N–H and O–H groups in total. The first-order valence-corrected chi connectivity index (χ1v) is 12.9. The number of fused-ring (bicyclic) bond motifs is 7. The number of carbonyl (C=O) groups is 2. The van der Waals surface area contributed by atoms with Crippen LogP contribution in [-0.2, 0) is 28.7 Å². The summed E-state index contributed by atoms with van der Waals surface area (Å²) >= 11 is 0. The Balaban J connectivity index is 1.51. The molecule has 0 aromatic rings. The number of rotatable bonds is 4. The highest BCUT2D eigenvalue weighted by Crippen LogP contribution is 2.70. The highest BCUT2D eigenvalue weighted by molar-refractivity contribution is 6.38. The van der Waals surface area contributed by atoms with Crippen LogP contribution in [0, 0.1) is 34.5 Å². The lowest BCUT2D eigenvalue weighted by Gasteiger charge is -2.58. The zero-order valence-electron chi connectivity index (χ0n) is 21.8. The molecule has 0 aromatic carbocycles. The fourth-order valence-corrected chi connectivity index (χ4v) is 8.87. The third-order valence-electron chi connectivity index (χ3n) is 10.4. The SMILES string of the molecule is CON=C(C)[C@]12ON=C(C(=O)OC)[C@H]1C[C@@H]1[C@H]3CC=C4C[C@@H](OC(C)=O)CC[C@]4(C)[C@@H]3CC[C@@]12C. The average molecular weight is 487 g/mol. The molecule has 8 heteroatoms. The molecule has 8 atom stereocenters. The Kier molecular flexibility index (Phi) is 5.80. The number of nitrogens with zero attached hydrogens (tertiary/aromatic N) is 2. The van der Waals surface area contributed by atoms with Gasteiger partial charge in [0.25, 0.3) is 0 Å². The maximum absolute atomic E-state index is 12.7. The number of oxime groups is 2. The van der Waals surface area contributed by atoms with Gasteiger partial charge in [0.05, 0.1) is 13.0 Å². The lowest BCUT2D eigenvalue weighted by Crippen LogP contribution is -2.59. The van der Waals surface area contributed by atoms with Crippen molar-refractivity contribution in [2.45, 2.75) is 84.3 Å². The van der Waals surface area contributed by atoms with Gasteiger partial charge in [-0.15, -0.1) is 0 Å². The maximum Gasteiger partial charge on any atom is 0.356 e. The van der Waals surface area contributed by atoms with Crippen molar-refractivity contribution in [3.63, 3.8) is 0 Å². The van der Waals surface area contributed by atoms with Crippen molar-refractivity contribution in [3.8, 4) is 0 Å². The van der Waals surface area contributed by atoms with Crippen molar-refractivity contribution >= 4 is 23.4 Å². The van der Waals surface area contributed by atoms with Gasteiger partial charge in [0, 0.05) is 18.8 Å². The molecule has 0 aromatic heterocycles. The molecule has 5 aliphatic rings. The predicted molar refractivity (Wildman–Crippen MR) is 130 cm³/mol. The molecule has 5 rings (SSSR count). The molecule has 1 aliphatic heterocycles. The second-order valence-corrected chi connectivity index (χ2v) is 11.6. The number of allylic oxidation sites excluding steroid dienone is 1. The van der Waals surface area contributed by atoms with E-state index in [1.807, 2.05) is 6.92 Å². The van der Waals surface area contributed by atoms with E-state index in [1.54, 1.807) is 0 Å². The van der Waals surface area contributed by atoms with Crippen LogP contribution in [-0.4, -0.2) is 49.3 Å². The van der Waals surface area contributed by atoms with E-state index in [1.165, 1.54) is 26.7 Å². The van der Waals surface area contributed by atoms with Crippen molar-refractivity contribution in [2.24, 2.45) is 44.8 Å². The van der Waals surface area contributed by atoms with E-state index in [4.69, 9.17) is 19.1 Å². The molecule has 0 spiro atoms. The van der Waals surface area contributed by atoms with E-state index in [0.717, 1.165) is 50.7 Å². The van der Waals surface area contributed by atoms with Crippen LogP contribution in [0.1, 0.15) is 72.6 Å². The van der Waals surface area contributed by atoms with Gasteiger partial charge >= 0.3 is 11.9 Å². The molecule has 0 unspecified atom stereocenters. The molecular weight excluding hydrogens is 448 g/mol. The first kappa shape index (κ1) is 24.3. The molecule has 3 saturated carbocycles. The van der Waals surface area contributed by atoms with E-state index in [-0.39, 0.29) is 28.8 Å². The lowest BCUT2D eigenvalue weighted by molar-refractivity contribution is -0.149. The van der Waals surface area contributed by atoms with Crippen LogP contribution >= 0.6 is 0 Å². The van der Waals surface area contributed by atoms with Crippen molar-refractivity contribution in [3.05, 3.63) is 11.6 Å². The third-order valence-corrected chi connectivity index (χ3v) is 10.4. The van der Waals surface area contributed by atoms with Gasteiger partial charge in [0.2, 0.25) is 0 Å². The summed E-state index contributed by atoms with van der Waals surface area (Å²) in [5.74, 6) is 0.550. The number of methoxy groups -OCH3 is 1. The Morgan fingerprint density at radius 1 is 1.14 bits per heavy atom. The number of hydrogen-bond acceptors (Lipinski definition) is 8. The van der Waals surface area contributed by atoms with Crippen molar-refractivity contribution < 1.29 is 28.7 Å². The standard InChI is InChI=1S/C27H38N2O6/c1-15(28-33-6)27-22(23(29-35-27)24(31)32-5)14-21-19-8-7-17-13-18(34-16(2)30)9-11-25(17,3)20(19)10-12-26(21,27)4/h7,18-22H,8-14H2,1-6H3/t18-,19-,20+,21+,22+,25-,26-,27-/m0/s1. The summed E-state index contributed by atoms with van der Waals surface area (Å²) in [7, 11) is 2.93. The minimum absolute atomic E-state index is 0.00790. The Bertz CT molecular complexity index is 1020. The van der Waals surface area contributed by atoms with Crippen LogP contribution in [0.5, 0.6) is 0 Å². The summed E-state index contributed by atoms with van der Waals surface area (Å²) in [6.45, 7) is 8.15. The van der Waals surface area contributed by atoms with E-state index < -0.39 is 11.6 Å². The van der Waals surface area contributed by atoms with Crippen LogP contribution in [0.4, 0.5) is 0 Å². The monoisotopic (exact) mass is 486 g/mol. The number of carbonyl (C=O) groups excluding carboxylic acids is 2. The van der Waals surface area contributed by atoms with Gasteiger partial charge in [0.15, 0.2) is 11.3 Å². The molecule has 0 saturated heterocycles. The first-order valence-electron chi connectivity index (χ1n) is 12.9. The smallest absolute Gasteiger partial charge is 0.356 e. The fourth-order valence-electron chi connectivity index (χ4n) is 8.87. The summed E-state index contributed by atoms with van der Waals surface area (Å²) in [6, 6.07) is 0. The van der Waals surface area contributed by atoms with Crippen LogP contribution in [0.2, 0.25) is 0 Å². The minimum Gasteiger partial charge on any atom is -0.464 e. The van der Waals surface area contributed by atoms with Gasteiger partial charge in [-0.25, -0.2) is 4.79 Å². The molecule has 4 aliphatic carbocycles. The van der Waals surface area contributed by atoms with Crippen LogP contribution in [0.25, 0.3) is 0 Å². The molecular formula is C27H38N2O6. The number of ether oxygens (including phenoxy) is 2. The van der Waals surface area contributed by atoms with E-state index in [2.05, 4.69) is 30.2 Å². The fraction of sp³-hybridized carbons (Fsp3) is 0.778. The molecule has 192 valence electrons. The van der Waals surface area contributed by atoms with Gasteiger partial charge in [-0.1, -0.05) is 35.8 Å². The van der Waals surface area contributed by atoms with Crippen molar-refractivity contribution in [1.29, 1.82) is 0 Å². The Hall–Kier alpha value is -2.38. The predicted octanol–water partition coefficient (Wildman–Crippen LogP) is 4.43. The van der Waals surface area contributed by atoms with Crippen molar-refractivity contribution in [2.75, 3.05) is 14.2 Å². The third kappa shape index (κ3) is 3.23.